The molecular weight excluding hydrogens is 322 g/mol. The summed E-state index contributed by atoms with van der Waals surface area (Å²) in [6.45, 7) is 10.2. The van der Waals surface area contributed by atoms with Gasteiger partial charge in [-0.15, -0.1) is 11.6 Å². The molecule has 3 heteroatoms. The molecule has 0 aliphatic rings. The van der Waals surface area contributed by atoms with E-state index in [1.165, 1.54) is 24.1 Å². The van der Waals surface area contributed by atoms with Gasteiger partial charge < -0.3 is 4.90 Å². The van der Waals surface area contributed by atoms with Gasteiger partial charge in [-0.05, 0) is 42.5 Å². The Hall–Kier alpha value is -0.210. The first-order valence-corrected chi connectivity index (χ1v) is 8.47. The van der Waals surface area contributed by atoms with Crippen LogP contribution in [0.1, 0.15) is 46.1 Å². The molecule has 0 radical (unpaired) electrons. The first-order valence-electron chi connectivity index (χ1n) is 7.14. The molecule has 0 fully saturated rings. The van der Waals surface area contributed by atoms with Crippen LogP contribution in [-0.2, 0) is 5.88 Å². The maximum Gasteiger partial charge on any atom is 0.0494 e. The number of halogens is 2. The summed E-state index contributed by atoms with van der Waals surface area (Å²) < 4.78 is 1.10. The van der Waals surface area contributed by atoms with Crippen LogP contribution in [0.2, 0.25) is 0 Å². The average molecular weight is 347 g/mol. The molecule has 0 aliphatic heterocycles. The first-order chi connectivity index (χ1) is 9.03. The Morgan fingerprint density at radius 3 is 2.32 bits per heavy atom. The van der Waals surface area contributed by atoms with Crippen molar-refractivity contribution < 1.29 is 0 Å². The van der Waals surface area contributed by atoms with E-state index in [4.69, 9.17) is 11.6 Å². The molecule has 1 nitrogen and oxygen atoms in total. The van der Waals surface area contributed by atoms with Crippen molar-refractivity contribution in [1.29, 1.82) is 0 Å². The molecule has 1 aromatic rings. The molecular formula is C16H25BrClN. The van der Waals surface area contributed by atoms with Crippen LogP contribution in [-0.4, -0.2) is 12.6 Å². The molecule has 0 bridgehead atoms. The van der Waals surface area contributed by atoms with Gasteiger partial charge in [0.15, 0.2) is 0 Å². The minimum atomic E-state index is 0.559. The van der Waals surface area contributed by atoms with Crippen molar-refractivity contribution in [3.8, 4) is 0 Å². The molecule has 108 valence electrons. The number of benzene rings is 1. The minimum absolute atomic E-state index is 0.559. The molecule has 0 aromatic heterocycles. The highest BCUT2D eigenvalue weighted by molar-refractivity contribution is 9.10. The predicted molar refractivity (Wildman–Crippen MR) is 90.3 cm³/mol. The summed E-state index contributed by atoms with van der Waals surface area (Å²) in [7, 11) is 0. The Morgan fingerprint density at radius 1 is 1.21 bits per heavy atom. The fraction of sp³-hybridized carbons (Fsp3) is 0.625. The van der Waals surface area contributed by atoms with Crippen molar-refractivity contribution in [2.24, 2.45) is 5.92 Å². The Balaban J connectivity index is 3.15. The predicted octanol–water partition coefficient (Wildman–Crippen LogP) is 5.84. The average Bonchev–Trinajstić information content (AvgIpc) is 2.38. The Labute approximate surface area is 131 Å². The molecule has 0 N–H and O–H groups in total. The van der Waals surface area contributed by atoms with Crippen molar-refractivity contribution in [2.75, 3.05) is 11.4 Å². The highest BCUT2D eigenvalue weighted by atomic mass is 79.9. The quantitative estimate of drug-likeness (QED) is 0.561. The third kappa shape index (κ3) is 4.68. The lowest BCUT2D eigenvalue weighted by molar-refractivity contribution is 0.506. The fourth-order valence-electron chi connectivity index (χ4n) is 2.51. The van der Waals surface area contributed by atoms with Crippen LogP contribution in [0.4, 0.5) is 5.69 Å². The summed E-state index contributed by atoms with van der Waals surface area (Å²) >= 11 is 9.66. The second kappa shape index (κ2) is 8.16. The Morgan fingerprint density at radius 2 is 1.84 bits per heavy atom. The van der Waals surface area contributed by atoms with E-state index < -0.39 is 0 Å². The molecule has 0 amide bonds. The van der Waals surface area contributed by atoms with Gasteiger partial charge in [0.1, 0.15) is 0 Å². The van der Waals surface area contributed by atoms with Crippen LogP contribution in [0.15, 0.2) is 22.7 Å². The second-order valence-electron chi connectivity index (χ2n) is 5.42. The lowest BCUT2D eigenvalue weighted by Gasteiger charge is -2.35. The van der Waals surface area contributed by atoms with Gasteiger partial charge in [0.2, 0.25) is 0 Å². The van der Waals surface area contributed by atoms with E-state index in [2.05, 4.69) is 66.7 Å². The smallest absolute Gasteiger partial charge is 0.0494 e. The van der Waals surface area contributed by atoms with Crippen LogP contribution < -0.4 is 4.90 Å². The molecule has 19 heavy (non-hydrogen) atoms. The molecule has 0 heterocycles. The second-order valence-corrected chi connectivity index (χ2v) is 6.61. The molecule has 0 unspecified atom stereocenters. The van der Waals surface area contributed by atoms with E-state index in [-0.39, 0.29) is 0 Å². The van der Waals surface area contributed by atoms with E-state index in [1.54, 1.807) is 0 Å². The monoisotopic (exact) mass is 345 g/mol. The standard InChI is InChI=1S/C16H25BrClN/c1-5-15(6-2)19(11-12(3)4)16-8-7-14(17)9-13(16)10-18/h7-9,12,15H,5-6,10-11H2,1-4H3. The zero-order valence-corrected chi connectivity index (χ0v) is 14.8. The Kier molecular flexibility index (Phi) is 7.23. The van der Waals surface area contributed by atoms with Gasteiger partial charge in [-0.1, -0.05) is 43.6 Å². The van der Waals surface area contributed by atoms with Crippen molar-refractivity contribution in [1.82, 2.24) is 0 Å². The van der Waals surface area contributed by atoms with Gasteiger partial charge in [0.25, 0.3) is 0 Å². The van der Waals surface area contributed by atoms with Gasteiger partial charge >= 0.3 is 0 Å². The molecule has 0 aliphatic carbocycles. The van der Waals surface area contributed by atoms with E-state index >= 15 is 0 Å². The molecule has 1 aromatic carbocycles. The highest BCUT2D eigenvalue weighted by Crippen LogP contribution is 2.29. The number of anilines is 1. The summed E-state index contributed by atoms with van der Waals surface area (Å²) in [5, 5.41) is 0. The van der Waals surface area contributed by atoms with Crippen molar-refractivity contribution in [2.45, 2.75) is 52.5 Å². The van der Waals surface area contributed by atoms with Gasteiger partial charge in [-0.2, -0.15) is 0 Å². The summed E-state index contributed by atoms with van der Waals surface area (Å²) in [6, 6.07) is 7.03. The first kappa shape index (κ1) is 16.8. The van der Waals surface area contributed by atoms with Crippen molar-refractivity contribution in [3.05, 3.63) is 28.2 Å². The van der Waals surface area contributed by atoms with Crippen molar-refractivity contribution >= 4 is 33.2 Å². The van der Waals surface area contributed by atoms with Crippen LogP contribution >= 0.6 is 27.5 Å². The maximum atomic E-state index is 6.13. The van der Waals surface area contributed by atoms with E-state index in [1.807, 2.05) is 0 Å². The highest BCUT2D eigenvalue weighted by Gasteiger charge is 2.19. The topological polar surface area (TPSA) is 3.24 Å². The van der Waals surface area contributed by atoms with Crippen LogP contribution in [0, 0.1) is 5.92 Å². The summed E-state index contributed by atoms with van der Waals surface area (Å²) in [5.41, 5.74) is 2.50. The molecule has 0 saturated carbocycles. The van der Waals surface area contributed by atoms with Crippen molar-refractivity contribution in [3.63, 3.8) is 0 Å². The third-order valence-corrected chi connectivity index (χ3v) is 4.22. The summed E-state index contributed by atoms with van der Waals surface area (Å²) in [4.78, 5) is 2.54. The van der Waals surface area contributed by atoms with Crippen LogP contribution in [0.25, 0.3) is 0 Å². The number of hydrogen-bond acceptors (Lipinski definition) is 1. The van der Waals surface area contributed by atoms with E-state index in [0.717, 1.165) is 11.0 Å². The lowest BCUT2D eigenvalue weighted by Crippen LogP contribution is -2.38. The van der Waals surface area contributed by atoms with Gasteiger partial charge in [0.05, 0.1) is 0 Å². The van der Waals surface area contributed by atoms with E-state index in [0.29, 0.717) is 17.8 Å². The number of rotatable bonds is 7. The van der Waals surface area contributed by atoms with Crippen LogP contribution in [0.3, 0.4) is 0 Å². The number of nitrogens with zero attached hydrogens (tertiary/aromatic N) is 1. The van der Waals surface area contributed by atoms with Gasteiger partial charge in [-0.3, -0.25) is 0 Å². The third-order valence-electron chi connectivity index (χ3n) is 3.44. The lowest BCUT2D eigenvalue weighted by atomic mass is 10.0. The molecule has 0 saturated heterocycles. The molecule has 0 spiro atoms. The molecule has 0 atom stereocenters. The maximum absolute atomic E-state index is 6.13. The van der Waals surface area contributed by atoms with Gasteiger partial charge in [0, 0.05) is 28.6 Å². The minimum Gasteiger partial charge on any atom is -0.368 e. The normalized spacial score (nSPS) is 11.4. The largest absolute Gasteiger partial charge is 0.368 e. The number of hydrogen-bond donors (Lipinski definition) is 0. The Bertz CT molecular complexity index is 388. The number of alkyl halides is 1. The summed E-state index contributed by atoms with van der Waals surface area (Å²) in [6.07, 6.45) is 2.34. The SMILES string of the molecule is CCC(CC)N(CC(C)C)c1ccc(Br)cc1CCl. The summed E-state index contributed by atoms with van der Waals surface area (Å²) in [5.74, 6) is 1.20. The van der Waals surface area contributed by atoms with Gasteiger partial charge in [-0.25, -0.2) is 0 Å². The molecule has 1 rings (SSSR count). The zero-order valence-electron chi connectivity index (χ0n) is 12.4. The fourth-order valence-corrected chi connectivity index (χ4v) is 3.13. The van der Waals surface area contributed by atoms with E-state index in [9.17, 15) is 0 Å². The van der Waals surface area contributed by atoms with Crippen LogP contribution in [0.5, 0.6) is 0 Å². The zero-order chi connectivity index (χ0) is 14.4.